The predicted molar refractivity (Wildman–Crippen MR) is 87.4 cm³/mol. The molecule has 0 aliphatic rings. The van der Waals surface area contributed by atoms with Crippen LogP contribution in [0.4, 0.5) is 5.69 Å². The molecule has 2 aromatic carbocycles. The summed E-state index contributed by atoms with van der Waals surface area (Å²) in [6.45, 7) is 1.96. The Labute approximate surface area is 130 Å². The van der Waals surface area contributed by atoms with Gasteiger partial charge in [0.1, 0.15) is 11.5 Å². The maximum Gasteiger partial charge on any atom is 0.187 e. The lowest BCUT2D eigenvalue weighted by atomic mass is 10.1. The quantitative estimate of drug-likeness (QED) is 0.625. The molecule has 114 valence electrons. The number of hydrogen-bond donors (Lipinski definition) is 2. The van der Waals surface area contributed by atoms with Crippen LogP contribution in [0.5, 0.6) is 11.5 Å². The maximum absolute atomic E-state index is 12.3. The summed E-state index contributed by atoms with van der Waals surface area (Å²) in [5.41, 5.74) is 2.13. The lowest BCUT2D eigenvalue weighted by Gasteiger charge is -2.09. The second-order valence-corrected chi connectivity index (χ2v) is 4.79. The number of aromatic hydroxyl groups is 1. The summed E-state index contributed by atoms with van der Waals surface area (Å²) >= 11 is 0. The fourth-order valence-corrected chi connectivity index (χ4v) is 1.99. The number of carbonyl (C=O) groups is 1. The zero-order valence-electron chi connectivity index (χ0n) is 12.7. The Morgan fingerprint density at radius 3 is 2.55 bits per heavy atom. The fraction of sp³-hybridized carbons (Fsp3) is 0.167. The molecule has 0 spiro atoms. The highest BCUT2D eigenvalue weighted by atomic mass is 16.5. The number of ketones is 1. The number of carbonyl (C=O) groups excluding carboxylic acids is 1. The molecular weight excluding hydrogens is 278 g/mol. The molecule has 0 amide bonds. The first kappa shape index (κ1) is 15.6. The highest BCUT2D eigenvalue weighted by Crippen LogP contribution is 2.19. The van der Waals surface area contributed by atoms with Crippen molar-refractivity contribution < 1.29 is 14.6 Å². The maximum atomic E-state index is 12.3. The van der Waals surface area contributed by atoms with Crippen LogP contribution < -0.4 is 10.1 Å². The number of nitrogens with one attached hydrogen (secondary N) is 1. The topological polar surface area (TPSA) is 58.6 Å². The number of phenols is 1. The van der Waals surface area contributed by atoms with E-state index in [4.69, 9.17) is 4.74 Å². The van der Waals surface area contributed by atoms with Crippen molar-refractivity contribution in [2.45, 2.75) is 13.3 Å². The molecule has 0 atom stereocenters. The van der Waals surface area contributed by atoms with Crippen LogP contribution in [0.3, 0.4) is 0 Å². The first-order valence-corrected chi connectivity index (χ1v) is 7.07. The molecule has 0 heterocycles. The molecule has 0 aromatic heterocycles. The van der Waals surface area contributed by atoms with E-state index in [0.29, 0.717) is 17.7 Å². The van der Waals surface area contributed by atoms with Gasteiger partial charge in [0, 0.05) is 29.1 Å². The van der Waals surface area contributed by atoms with Crippen LogP contribution in [0.25, 0.3) is 0 Å². The molecule has 0 unspecified atom stereocenters. The molecule has 2 N–H and O–H groups in total. The van der Waals surface area contributed by atoms with Crippen molar-refractivity contribution >= 4 is 11.5 Å². The molecule has 0 saturated carbocycles. The van der Waals surface area contributed by atoms with Gasteiger partial charge in [-0.15, -0.1) is 0 Å². The van der Waals surface area contributed by atoms with Crippen LogP contribution in [0, 0.1) is 0 Å². The van der Waals surface area contributed by atoms with E-state index in [0.717, 1.165) is 11.4 Å². The van der Waals surface area contributed by atoms with Crippen LogP contribution >= 0.6 is 0 Å². The molecule has 0 aliphatic carbocycles. The number of ether oxygens (including phenoxy) is 1. The molecule has 0 radical (unpaired) electrons. The van der Waals surface area contributed by atoms with Gasteiger partial charge in [-0.2, -0.15) is 0 Å². The Bertz CT molecular complexity index is 675. The number of allylic oxidation sites excluding steroid dienone is 2. The third-order valence-corrected chi connectivity index (χ3v) is 3.21. The minimum atomic E-state index is -0.0767. The smallest absolute Gasteiger partial charge is 0.187 e. The largest absolute Gasteiger partial charge is 0.508 e. The van der Waals surface area contributed by atoms with Gasteiger partial charge in [0.25, 0.3) is 0 Å². The number of anilines is 1. The minimum absolute atomic E-state index is 0.0767. The number of methoxy groups -OCH3 is 1. The van der Waals surface area contributed by atoms with E-state index < -0.39 is 0 Å². The summed E-state index contributed by atoms with van der Waals surface area (Å²) in [6.07, 6.45) is 2.25. The monoisotopic (exact) mass is 297 g/mol. The molecular formula is C18H19NO3. The van der Waals surface area contributed by atoms with Gasteiger partial charge in [-0.25, -0.2) is 0 Å². The highest BCUT2D eigenvalue weighted by Gasteiger charge is 2.05. The average Bonchev–Trinajstić information content (AvgIpc) is 2.54. The fourth-order valence-electron chi connectivity index (χ4n) is 1.99. The summed E-state index contributed by atoms with van der Waals surface area (Å²) in [5, 5.41) is 12.6. The minimum Gasteiger partial charge on any atom is -0.508 e. The van der Waals surface area contributed by atoms with Gasteiger partial charge in [-0.1, -0.05) is 13.0 Å². The molecule has 2 aromatic rings. The number of rotatable bonds is 6. The van der Waals surface area contributed by atoms with Crippen molar-refractivity contribution in [2.24, 2.45) is 0 Å². The number of phenolic OH excluding ortho intramolecular Hbond substituents is 1. The van der Waals surface area contributed by atoms with Crippen molar-refractivity contribution in [3.05, 3.63) is 65.9 Å². The summed E-state index contributed by atoms with van der Waals surface area (Å²) in [5.74, 6) is 0.822. The zero-order chi connectivity index (χ0) is 15.9. The molecule has 0 saturated heterocycles. The molecule has 0 bridgehead atoms. The molecule has 0 fully saturated rings. The first-order chi connectivity index (χ1) is 10.6. The van der Waals surface area contributed by atoms with E-state index in [9.17, 15) is 9.90 Å². The van der Waals surface area contributed by atoms with E-state index in [1.165, 1.54) is 0 Å². The Hall–Kier alpha value is -2.75. The summed E-state index contributed by atoms with van der Waals surface area (Å²) in [4.78, 5) is 12.3. The van der Waals surface area contributed by atoms with E-state index in [1.54, 1.807) is 55.7 Å². The van der Waals surface area contributed by atoms with Crippen molar-refractivity contribution in [1.82, 2.24) is 0 Å². The van der Waals surface area contributed by atoms with E-state index in [-0.39, 0.29) is 11.5 Å². The average molecular weight is 297 g/mol. The normalized spacial score (nSPS) is 11.1. The van der Waals surface area contributed by atoms with Crippen LogP contribution in [0.1, 0.15) is 23.7 Å². The summed E-state index contributed by atoms with van der Waals surface area (Å²) < 4.78 is 5.08. The molecule has 4 nitrogen and oxygen atoms in total. The van der Waals surface area contributed by atoms with Gasteiger partial charge in [0.2, 0.25) is 0 Å². The Morgan fingerprint density at radius 2 is 1.95 bits per heavy atom. The van der Waals surface area contributed by atoms with Crippen molar-refractivity contribution in [2.75, 3.05) is 12.4 Å². The van der Waals surface area contributed by atoms with E-state index in [1.807, 2.05) is 13.0 Å². The van der Waals surface area contributed by atoms with Gasteiger partial charge < -0.3 is 15.2 Å². The third-order valence-electron chi connectivity index (χ3n) is 3.21. The predicted octanol–water partition coefficient (Wildman–Crippen LogP) is 3.99. The van der Waals surface area contributed by atoms with E-state index in [2.05, 4.69) is 5.32 Å². The number of hydrogen-bond acceptors (Lipinski definition) is 4. The molecule has 0 aliphatic heterocycles. The van der Waals surface area contributed by atoms with Crippen LogP contribution in [-0.2, 0) is 0 Å². The van der Waals surface area contributed by atoms with Crippen LogP contribution in [-0.4, -0.2) is 18.0 Å². The molecule has 22 heavy (non-hydrogen) atoms. The van der Waals surface area contributed by atoms with E-state index >= 15 is 0 Å². The summed E-state index contributed by atoms with van der Waals surface area (Å²) in [7, 11) is 1.59. The van der Waals surface area contributed by atoms with Gasteiger partial charge in [0.05, 0.1) is 7.11 Å². The zero-order valence-corrected chi connectivity index (χ0v) is 12.7. The van der Waals surface area contributed by atoms with Crippen LogP contribution in [0.2, 0.25) is 0 Å². The van der Waals surface area contributed by atoms with Crippen molar-refractivity contribution in [1.29, 1.82) is 0 Å². The van der Waals surface area contributed by atoms with Gasteiger partial charge >= 0.3 is 0 Å². The Morgan fingerprint density at radius 1 is 1.23 bits per heavy atom. The van der Waals surface area contributed by atoms with Gasteiger partial charge in [0.15, 0.2) is 5.78 Å². The Kier molecular flexibility index (Phi) is 5.20. The SMILES string of the molecule is CCC(=CC(=O)c1ccc(OC)cc1)Nc1cccc(O)c1. The third kappa shape index (κ3) is 4.12. The molecule has 4 heteroatoms. The van der Waals surface area contributed by atoms with Crippen molar-refractivity contribution in [3.63, 3.8) is 0 Å². The van der Waals surface area contributed by atoms with Crippen LogP contribution in [0.15, 0.2) is 60.3 Å². The lowest BCUT2D eigenvalue weighted by molar-refractivity contribution is 0.104. The Balaban J connectivity index is 2.14. The number of benzene rings is 2. The lowest BCUT2D eigenvalue weighted by Crippen LogP contribution is -2.03. The highest BCUT2D eigenvalue weighted by molar-refractivity contribution is 6.05. The first-order valence-electron chi connectivity index (χ1n) is 7.07. The second kappa shape index (κ2) is 7.31. The second-order valence-electron chi connectivity index (χ2n) is 4.79. The standard InChI is InChI=1S/C18H19NO3/c1-3-14(19-15-5-4-6-16(20)11-15)12-18(21)13-7-9-17(22-2)10-8-13/h4-12,19-20H,3H2,1-2H3. The summed E-state index contributed by atoms with van der Waals surface area (Å²) in [6, 6.07) is 13.8. The van der Waals surface area contributed by atoms with Crippen molar-refractivity contribution in [3.8, 4) is 11.5 Å². The van der Waals surface area contributed by atoms with Gasteiger partial charge in [-0.3, -0.25) is 4.79 Å². The molecule has 2 rings (SSSR count). The van der Waals surface area contributed by atoms with Gasteiger partial charge in [-0.05, 0) is 42.8 Å².